The zero-order valence-corrected chi connectivity index (χ0v) is 11.2. The number of likely N-dealkylation sites (tertiary alicyclic amines) is 1. The fraction of sp³-hybridized carbons (Fsp3) is 0.917. The van der Waals surface area contributed by atoms with Crippen LogP contribution >= 0.6 is 0 Å². The molecule has 1 aliphatic rings. The summed E-state index contributed by atoms with van der Waals surface area (Å²) in [6.07, 6.45) is -2.70. The summed E-state index contributed by atoms with van der Waals surface area (Å²) in [6, 6.07) is -0.277. The van der Waals surface area contributed by atoms with Gasteiger partial charge in [-0.3, -0.25) is 0 Å². The van der Waals surface area contributed by atoms with Gasteiger partial charge in [-0.25, -0.2) is 4.79 Å². The van der Waals surface area contributed by atoms with Gasteiger partial charge in [0.05, 0.1) is 5.41 Å². The lowest BCUT2D eigenvalue weighted by Crippen LogP contribution is -2.54. The lowest BCUT2D eigenvalue weighted by molar-refractivity contribution is -0.232. The molecular weight excluding hydrogens is 259 g/mol. The predicted octanol–water partition coefficient (Wildman–Crippen LogP) is 2.10. The van der Waals surface area contributed by atoms with Crippen LogP contribution in [0.1, 0.15) is 32.6 Å². The Kier molecular flexibility index (Phi) is 5.46. The Labute approximate surface area is 111 Å². The monoisotopic (exact) mass is 281 g/mol. The number of nitrogens with one attached hydrogen (secondary N) is 1. The number of alkyl halides is 3. The zero-order chi connectivity index (χ0) is 14.5. The van der Waals surface area contributed by atoms with Gasteiger partial charge >= 0.3 is 12.2 Å². The molecule has 0 aliphatic carbocycles. The lowest BCUT2D eigenvalue weighted by Gasteiger charge is -2.42. The van der Waals surface area contributed by atoms with Crippen molar-refractivity contribution >= 4 is 6.03 Å². The number of carbonyl (C=O) groups is 1. The quantitative estimate of drug-likeness (QED) is 0.775. The van der Waals surface area contributed by atoms with Gasteiger partial charge < -0.3 is 16.0 Å². The van der Waals surface area contributed by atoms with E-state index in [0.717, 1.165) is 12.8 Å². The maximum Gasteiger partial charge on any atom is 0.395 e. The molecule has 0 aromatic carbocycles. The van der Waals surface area contributed by atoms with E-state index in [4.69, 9.17) is 5.73 Å². The molecule has 1 fully saturated rings. The number of amides is 2. The molecule has 0 unspecified atom stereocenters. The van der Waals surface area contributed by atoms with E-state index < -0.39 is 18.1 Å². The molecule has 0 spiro atoms. The van der Waals surface area contributed by atoms with Gasteiger partial charge in [-0.1, -0.05) is 13.3 Å². The number of halogens is 3. The van der Waals surface area contributed by atoms with Gasteiger partial charge in [0.1, 0.15) is 0 Å². The number of hydrogen-bond acceptors (Lipinski definition) is 2. The molecule has 3 N–H and O–H groups in total. The smallest absolute Gasteiger partial charge is 0.338 e. The maximum atomic E-state index is 13.0. The van der Waals surface area contributed by atoms with Gasteiger partial charge in [-0.15, -0.1) is 0 Å². The molecule has 0 saturated carbocycles. The molecule has 7 heteroatoms. The Morgan fingerprint density at radius 2 is 1.95 bits per heavy atom. The van der Waals surface area contributed by atoms with Crippen LogP contribution < -0.4 is 11.1 Å². The number of nitrogens with two attached hydrogens (primary N) is 1. The molecule has 0 radical (unpaired) electrons. The van der Waals surface area contributed by atoms with Crippen LogP contribution in [-0.4, -0.2) is 43.3 Å². The van der Waals surface area contributed by atoms with Crippen molar-refractivity contribution in [3.63, 3.8) is 0 Å². The summed E-state index contributed by atoms with van der Waals surface area (Å²) in [5.41, 5.74) is 3.48. The van der Waals surface area contributed by atoms with Crippen LogP contribution in [0.4, 0.5) is 18.0 Å². The molecule has 0 atom stereocenters. The Hall–Kier alpha value is -0.980. The van der Waals surface area contributed by atoms with Crippen molar-refractivity contribution in [1.82, 2.24) is 10.2 Å². The van der Waals surface area contributed by atoms with E-state index in [9.17, 15) is 18.0 Å². The van der Waals surface area contributed by atoms with Crippen LogP contribution in [0.15, 0.2) is 0 Å². The standard InChI is InChI=1S/C12H22F3N3O/c1-2-3-6-17-10(19)18-7-4-11(9-16,5-8-18)12(13,14)15/h2-9,16H2,1H3,(H,17,19). The summed E-state index contributed by atoms with van der Waals surface area (Å²) in [6.45, 7) is 2.37. The fourth-order valence-corrected chi connectivity index (χ4v) is 2.23. The molecule has 1 heterocycles. The number of urea groups is 1. The molecule has 112 valence electrons. The minimum Gasteiger partial charge on any atom is -0.338 e. The van der Waals surface area contributed by atoms with Crippen molar-refractivity contribution in [2.24, 2.45) is 11.1 Å². The summed E-state index contributed by atoms with van der Waals surface area (Å²) in [5, 5.41) is 2.71. The van der Waals surface area contributed by atoms with Crippen LogP contribution in [0, 0.1) is 5.41 Å². The normalized spacial score (nSPS) is 19.3. The third-order valence-electron chi connectivity index (χ3n) is 3.81. The highest BCUT2D eigenvalue weighted by Crippen LogP contribution is 2.45. The number of carbonyl (C=O) groups excluding carboxylic acids is 1. The lowest BCUT2D eigenvalue weighted by atomic mass is 9.78. The predicted molar refractivity (Wildman–Crippen MR) is 66.7 cm³/mol. The molecule has 19 heavy (non-hydrogen) atoms. The van der Waals surface area contributed by atoms with Crippen LogP contribution in [0.5, 0.6) is 0 Å². The van der Waals surface area contributed by atoms with E-state index in [1.807, 2.05) is 6.92 Å². The van der Waals surface area contributed by atoms with Crippen LogP contribution in [0.25, 0.3) is 0 Å². The highest BCUT2D eigenvalue weighted by Gasteiger charge is 2.54. The summed E-state index contributed by atoms with van der Waals surface area (Å²) >= 11 is 0. The first kappa shape index (κ1) is 16.1. The third kappa shape index (κ3) is 3.75. The average Bonchev–Trinajstić information content (AvgIpc) is 2.37. The zero-order valence-electron chi connectivity index (χ0n) is 11.2. The first-order chi connectivity index (χ1) is 8.86. The summed E-state index contributed by atoms with van der Waals surface area (Å²) < 4.78 is 38.9. The van der Waals surface area contributed by atoms with Crippen LogP contribution in [0.3, 0.4) is 0 Å². The van der Waals surface area contributed by atoms with E-state index >= 15 is 0 Å². The van der Waals surface area contributed by atoms with Gasteiger partial charge in [-0.2, -0.15) is 13.2 Å². The SMILES string of the molecule is CCCCNC(=O)N1CCC(CN)(C(F)(F)F)CC1. The maximum absolute atomic E-state index is 13.0. The molecule has 1 rings (SSSR count). The van der Waals surface area contributed by atoms with Crippen molar-refractivity contribution in [3.8, 4) is 0 Å². The van der Waals surface area contributed by atoms with E-state index in [1.54, 1.807) is 0 Å². The molecule has 0 aromatic heterocycles. The Morgan fingerprint density at radius 3 is 2.37 bits per heavy atom. The number of unbranched alkanes of at least 4 members (excludes halogenated alkanes) is 1. The summed E-state index contributed by atoms with van der Waals surface area (Å²) in [5.74, 6) is 0. The van der Waals surface area contributed by atoms with Gasteiger partial charge in [0.15, 0.2) is 0 Å². The van der Waals surface area contributed by atoms with E-state index in [-0.39, 0.29) is 32.0 Å². The Bertz CT molecular complexity index is 299. The largest absolute Gasteiger partial charge is 0.395 e. The van der Waals surface area contributed by atoms with E-state index in [2.05, 4.69) is 5.32 Å². The number of piperidine rings is 1. The van der Waals surface area contributed by atoms with E-state index in [1.165, 1.54) is 4.90 Å². The molecule has 1 aliphatic heterocycles. The molecule has 0 bridgehead atoms. The van der Waals surface area contributed by atoms with Crippen LogP contribution in [-0.2, 0) is 0 Å². The van der Waals surface area contributed by atoms with E-state index in [0.29, 0.717) is 6.54 Å². The fourth-order valence-electron chi connectivity index (χ4n) is 2.23. The first-order valence-electron chi connectivity index (χ1n) is 6.66. The van der Waals surface area contributed by atoms with Crippen LogP contribution in [0.2, 0.25) is 0 Å². The summed E-state index contributed by atoms with van der Waals surface area (Å²) in [4.78, 5) is 13.2. The molecule has 4 nitrogen and oxygen atoms in total. The summed E-state index contributed by atoms with van der Waals surface area (Å²) in [7, 11) is 0. The minimum absolute atomic E-state index is 0.106. The number of hydrogen-bond donors (Lipinski definition) is 2. The second-order valence-corrected chi connectivity index (χ2v) is 5.05. The van der Waals surface area contributed by atoms with Crippen molar-refractivity contribution in [2.45, 2.75) is 38.8 Å². The minimum atomic E-state index is -4.30. The van der Waals surface area contributed by atoms with Gasteiger partial charge in [0, 0.05) is 26.2 Å². The topological polar surface area (TPSA) is 58.4 Å². The first-order valence-corrected chi connectivity index (χ1v) is 6.66. The van der Waals surface area contributed by atoms with Crippen molar-refractivity contribution < 1.29 is 18.0 Å². The van der Waals surface area contributed by atoms with Gasteiger partial charge in [-0.05, 0) is 19.3 Å². The molecular formula is C12H22F3N3O. The molecule has 1 saturated heterocycles. The molecule has 0 aromatic rings. The Balaban J connectivity index is 2.50. The highest BCUT2D eigenvalue weighted by atomic mass is 19.4. The highest BCUT2D eigenvalue weighted by molar-refractivity contribution is 5.74. The van der Waals surface area contributed by atoms with Crippen molar-refractivity contribution in [3.05, 3.63) is 0 Å². The third-order valence-corrected chi connectivity index (χ3v) is 3.81. The number of rotatable bonds is 4. The second-order valence-electron chi connectivity index (χ2n) is 5.05. The Morgan fingerprint density at radius 1 is 1.37 bits per heavy atom. The van der Waals surface area contributed by atoms with Crippen molar-refractivity contribution in [1.29, 1.82) is 0 Å². The van der Waals surface area contributed by atoms with Crippen molar-refractivity contribution in [2.75, 3.05) is 26.2 Å². The number of nitrogens with zero attached hydrogens (tertiary/aromatic N) is 1. The average molecular weight is 281 g/mol. The van der Waals surface area contributed by atoms with Gasteiger partial charge in [0.2, 0.25) is 0 Å². The molecule has 2 amide bonds. The van der Waals surface area contributed by atoms with Gasteiger partial charge in [0.25, 0.3) is 0 Å². The second kappa shape index (κ2) is 6.45.